The minimum absolute atomic E-state index is 0.133. The molecule has 6 nitrogen and oxygen atoms in total. The third-order valence-corrected chi connectivity index (χ3v) is 3.48. The van der Waals surface area contributed by atoms with Crippen LogP contribution in [0.2, 0.25) is 0 Å². The van der Waals surface area contributed by atoms with Crippen molar-refractivity contribution in [2.24, 2.45) is 0 Å². The SMILES string of the molecule is Cc1nnc(C2CC(NC(=O)N3CC(F)C3)C2)o1. The van der Waals surface area contributed by atoms with Crippen molar-refractivity contribution >= 4 is 6.03 Å². The number of rotatable bonds is 2. The predicted molar refractivity (Wildman–Crippen MR) is 59.8 cm³/mol. The molecule has 1 aliphatic heterocycles. The van der Waals surface area contributed by atoms with Gasteiger partial charge in [-0.1, -0.05) is 0 Å². The summed E-state index contributed by atoms with van der Waals surface area (Å²) >= 11 is 0. The second kappa shape index (κ2) is 4.22. The first-order valence-corrected chi connectivity index (χ1v) is 6.11. The molecule has 1 aliphatic carbocycles. The van der Waals surface area contributed by atoms with E-state index in [4.69, 9.17) is 4.42 Å². The number of aromatic nitrogens is 2. The van der Waals surface area contributed by atoms with E-state index >= 15 is 0 Å². The Kier molecular flexibility index (Phi) is 2.68. The van der Waals surface area contributed by atoms with Crippen LogP contribution in [-0.4, -0.2) is 46.4 Å². The van der Waals surface area contributed by atoms with Gasteiger partial charge in [0.15, 0.2) is 0 Å². The summed E-state index contributed by atoms with van der Waals surface area (Å²) in [7, 11) is 0. The lowest BCUT2D eigenvalue weighted by Crippen LogP contribution is -2.58. The Hall–Kier alpha value is -1.66. The Morgan fingerprint density at radius 2 is 2.17 bits per heavy atom. The van der Waals surface area contributed by atoms with E-state index in [9.17, 15) is 9.18 Å². The summed E-state index contributed by atoms with van der Waals surface area (Å²) in [5, 5.41) is 10.6. The Morgan fingerprint density at radius 1 is 1.44 bits per heavy atom. The molecule has 3 rings (SSSR count). The van der Waals surface area contributed by atoms with Crippen molar-refractivity contribution in [1.29, 1.82) is 0 Å². The van der Waals surface area contributed by atoms with E-state index in [-0.39, 0.29) is 31.1 Å². The summed E-state index contributed by atoms with van der Waals surface area (Å²) in [6, 6.07) is -0.0394. The predicted octanol–water partition coefficient (Wildman–Crippen LogP) is 0.987. The number of nitrogens with one attached hydrogen (secondary N) is 1. The molecule has 7 heteroatoms. The van der Waals surface area contributed by atoms with Crippen LogP contribution in [0.15, 0.2) is 4.42 Å². The van der Waals surface area contributed by atoms with Crippen molar-refractivity contribution in [1.82, 2.24) is 20.4 Å². The first-order chi connectivity index (χ1) is 8.61. The molecule has 0 unspecified atom stereocenters. The van der Waals surface area contributed by atoms with Gasteiger partial charge >= 0.3 is 6.03 Å². The number of hydrogen-bond acceptors (Lipinski definition) is 4. The average Bonchev–Trinajstić information content (AvgIpc) is 2.64. The van der Waals surface area contributed by atoms with Gasteiger partial charge < -0.3 is 14.6 Å². The third-order valence-electron chi connectivity index (χ3n) is 3.48. The molecule has 0 aromatic carbocycles. The highest BCUT2D eigenvalue weighted by molar-refractivity contribution is 5.75. The zero-order chi connectivity index (χ0) is 12.7. The topological polar surface area (TPSA) is 71.3 Å². The van der Waals surface area contributed by atoms with Crippen LogP contribution in [0, 0.1) is 6.92 Å². The molecule has 0 spiro atoms. The van der Waals surface area contributed by atoms with E-state index in [2.05, 4.69) is 15.5 Å². The molecule has 0 atom stereocenters. The number of hydrogen-bond donors (Lipinski definition) is 1. The monoisotopic (exact) mass is 254 g/mol. The summed E-state index contributed by atoms with van der Waals surface area (Å²) in [5.74, 6) is 1.44. The summed E-state index contributed by atoms with van der Waals surface area (Å²) < 4.78 is 17.9. The molecular weight excluding hydrogens is 239 g/mol. The summed E-state index contributed by atoms with van der Waals surface area (Å²) in [6.45, 7) is 2.18. The van der Waals surface area contributed by atoms with Crippen molar-refractivity contribution in [3.63, 3.8) is 0 Å². The molecule has 2 aliphatic rings. The Morgan fingerprint density at radius 3 is 2.72 bits per heavy atom. The van der Waals surface area contributed by atoms with Gasteiger partial charge in [-0.3, -0.25) is 0 Å². The molecule has 18 heavy (non-hydrogen) atoms. The fourth-order valence-corrected chi connectivity index (χ4v) is 2.27. The normalized spacial score (nSPS) is 27.6. The molecular formula is C11H15FN4O2. The molecule has 1 aromatic rings. The molecule has 2 heterocycles. The zero-order valence-corrected chi connectivity index (χ0v) is 10.1. The minimum atomic E-state index is -0.855. The number of carbonyl (C=O) groups is 1. The van der Waals surface area contributed by atoms with Gasteiger partial charge in [0.05, 0.1) is 13.1 Å². The van der Waals surface area contributed by atoms with Gasteiger partial charge in [0, 0.05) is 18.9 Å². The number of halogens is 1. The van der Waals surface area contributed by atoms with E-state index in [0.29, 0.717) is 11.8 Å². The second-order valence-corrected chi connectivity index (χ2v) is 4.98. The molecule has 0 radical (unpaired) electrons. The smallest absolute Gasteiger partial charge is 0.317 e. The number of likely N-dealkylation sites (tertiary alicyclic amines) is 1. The van der Waals surface area contributed by atoms with Gasteiger partial charge in [-0.25, -0.2) is 9.18 Å². The van der Waals surface area contributed by atoms with E-state index in [0.717, 1.165) is 12.8 Å². The van der Waals surface area contributed by atoms with Crippen LogP contribution in [0.3, 0.4) is 0 Å². The lowest BCUT2D eigenvalue weighted by molar-refractivity contribution is 0.0845. The van der Waals surface area contributed by atoms with Crippen LogP contribution >= 0.6 is 0 Å². The maximum absolute atomic E-state index is 12.6. The molecule has 98 valence electrons. The Balaban J connectivity index is 1.44. The number of carbonyl (C=O) groups excluding carboxylic acids is 1. The third kappa shape index (κ3) is 2.04. The fourth-order valence-electron chi connectivity index (χ4n) is 2.27. The highest BCUT2D eigenvalue weighted by Crippen LogP contribution is 2.36. The molecule has 0 bridgehead atoms. The summed E-state index contributed by atoms with van der Waals surface area (Å²) in [5.41, 5.74) is 0. The summed E-state index contributed by atoms with van der Waals surface area (Å²) in [6.07, 6.45) is 0.756. The van der Waals surface area contributed by atoms with Crippen molar-refractivity contribution in [3.8, 4) is 0 Å². The quantitative estimate of drug-likeness (QED) is 0.854. The van der Waals surface area contributed by atoms with Crippen LogP contribution in [-0.2, 0) is 0 Å². The highest BCUT2D eigenvalue weighted by atomic mass is 19.1. The zero-order valence-electron chi connectivity index (χ0n) is 10.1. The van der Waals surface area contributed by atoms with E-state index in [1.54, 1.807) is 6.92 Å². The van der Waals surface area contributed by atoms with E-state index < -0.39 is 6.17 Å². The molecule has 1 aromatic heterocycles. The number of aryl methyl sites for hydroxylation is 1. The maximum atomic E-state index is 12.6. The van der Waals surface area contributed by atoms with Gasteiger partial charge in [0.2, 0.25) is 11.8 Å². The second-order valence-electron chi connectivity index (χ2n) is 4.98. The van der Waals surface area contributed by atoms with Gasteiger partial charge in [-0.15, -0.1) is 10.2 Å². The lowest BCUT2D eigenvalue weighted by Gasteiger charge is -2.39. The Labute approximate surface area is 104 Å². The van der Waals surface area contributed by atoms with E-state index in [1.807, 2.05) is 0 Å². The van der Waals surface area contributed by atoms with E-state index in [1.165, 1.54) is 4.90 Å². The minimum Gasteiger partial charge on any atom is -0.425 e. The first-order valence-electron chi connectivity index (χ1n) is 6.11. The van der Waals surface area contributed by atoms with Crippen LogP contribution in [0.25, 0.3) is 0 Å². The first kappa shape index (κ1) is 11.4. The molecule has 2 fully saturated rings. The summed E-state index contributed by atoms with van der Waals surface area (Å²) in [4.78, 5) is 13.1. The standard InChI is InChI=1S/C11H15FN4O2/c1-6-14-15-10(18-6)7-2-9(3-7)13-11(17)16-4-8(12)5-16/h7-9H,2-5H2,1H3,(H,13,17). The Bertz CT molecular complexity index is 452. The number of nitrogens with zero attached hydrogens (tertiary/aromatic N) is 3. The van der Waals surface area contributed by atoms with Gasteiger partial charge in [-0.05, 0) is 12.8 Å². The van der Waals surface area contributed by atoms with Crippen molar-refractivity contribution < 1.29 is 13.6 Å². The highest BCUT2D eigenvalue weighted by Gasteiger charge is 2.37. The van der Waals surface area contributed by atoms with Gasteiger partial charge in [0.1, 0.15) is 6.17 Å². The number of amides is 2. The van der Waals surface area contributed by atoms with Crippen LogP contribution in [0.4, 0.5) is 9.18 Å². The van der Waals surface area contributed by atoms with Gasteiger partial charge in [-0.2, -0.15) is 0 Å². The van der Waals surface area contributed by atoms with Crippen LogP contribution in [0.1, 0.15) is 30.5 Å². The van der Waals surface area contributed by atoms with Crippen LogP contribution in [0.5, 0.6) is 0 Å². The average molecular weight is 254 g/mol. The van der Waals surface area contributed by atoms with Crippen LogP contribution < -0.4 is 5.32 Å². The van der Waals surface area contributed by atoms with Gasteiger partial charge in [0.25, 0.3) is 0 Å². The van der Waals surface area contributed by atoms with Crippen molar-refractivity contribution in [3.05, 3.63) is 11.8 Å². The largest absolute Gasteiger partial charge is 0.425 e. The lowest BCUT2D eigenvalue weighted by atomic mass is 9.80. The molecule has 1 saturated carbocycles. The maximum Gasteiger partial charge on any atom is 0.317 e. The van der Waals surface area contributed by atoms with Crippen molar-refractivity contribution in [2.75, 3.05) is 13.1 Å². The van der Waals surface area contributed by atoms with Crippen molar-refractivity contribution in [2.45, 2.75) is 37.9 Å². The molecule has 1 saturated heterocycles. The number of urea groups is 1. The number of alkyl halides is 1. The molecule has 2 amide bonds. The molecule has 1 N–H and O–H groups in total. The fraction of sp³-hybridized carbons (Fsp3) is 0.727.